The average molecular weight is 495 g/mol. The average Bonchev–Trinajstić information content (AvgIpc) is 3.40. The van der Waals surface area contributed by atoms with Crippen molar-refractivity contribution in [3.8, 4) is 0 Å². The van der Waals surface area contributed by atoms with Gasteiger partial charge in [-0.3, -0.25) is 9.59 Å². The van der Waals surface area contributed by atoms with Gasteiger partial charge in [-0.2, -0.15) is 0 Å². The maximum atomic E-state index is 13.4. The largest absolute Gasteiger partial charge is 0.382 e. The SMILES string of the molecule is CCOCCCN(CC(=O)N(Cc1ccccc1)Cc1cccs1)C(=O)COCc1ccccc1. The van der Waals surface area contributed by atoms with Crippen molar-refractivity contribution in [3.63, 3.8) is 0 Å². The van der Waals surface area contributed by atoms with Gasteiger partial charge in [0, 0.05) is 31.2 Å². The number of benzene rings is 2. The molecule has 0 aliphatic rings. The van der Waals surface area contributed by atoms with Gasteiger partial charge in [0.2, 0.25) is 11.8 Å². The quantitative estimate of drug-likeness (QED) is 0.286. The van der Waals surface area contributed by atoms with Crippen molar-refractivity contribution in [3.05, 3.63) is 94.2 Å². The van der Waals surface area contributed by atoms with Crippen LogP contribution in [-0.4, -0.2) is 54.5 Å². The maximum absolute atomic E-state index is 13.4. The van der Waals surface area contributed by atoms with E-state index in [1.54, 1.807) is 16.2 Å². The fourth-order valence-corrected chi connectivity index (χ4v) is 4.32. The van der Waals surface area contributed by atoms with Crippen LogP contribution < -0.4 is 0 Å². The van der Waals surface area contributed by atoms with Crippen molar-refractivity contribution in [1.29, 1.82) is 0 Å². The van der Waals surface area contributed by atoms with E-state index in [-0.39, 0.29) is 25.0 Å². The Morgan fingerprint density at radius 1 is 0.800 bits per heavy atom. The van der Waals surface area contributed by atoms with E-state index in [2.05, 4.69) is 0 Å². The first kappa shape index (κ1) is 26.6. The minimum Gasteiger partial charge on any atom is -0.382 e. The number of nitrogens with zero attached hydrogens (tertiary/aromatic N) is 2. The highest BCUT2D eigenvalue weighted by Gasteiger charge is 2.22. The molecule has 0 saturated heterocycles. The first-order valence-corrected chi connectivity index (χ1v) is 12.8. The summed E-state index contributed by atoms with van der Waals surface area (Å²) < 4.78 is 11.1. The van der Waals surface area contributed by atoms with E-state index in [0.717, 1.165) is 16.0 Å². The summed E-state index contributed by atoms with van der Waals surface area (Å²) in [5, 5.41) is 2.01. The van der Waals surface area contributed by atoms with Crippen molar-refractivity contribution >= 4 is 23.2 Å². The maximum Gasteiger partial charge on any atom is 0.249 e. The van der Waals surface area contributed by atoms with Crippen molar-refractivity contribution in [1.82, 2.24) is 9.80 Å². The van der Waals surface area contributed by atoms with Crippen LogP contribution in [0.25, 0.3) is 0 Å². The Labute approximate surface area is 212 Å². The molecule has 6 nitrogen and oxygen atoms in total. The van der Waals surface area contributed by atoms with E-state index in [1.165, 1.54) is 0 Å². The molecule has 0 aliphatic carbocycles. The number of ether oxygens (including phenoxy) is 2. The predicted molar refractivity (Wildman–Crippen MR) is 139 cm³/mol. The van der Waals surface area contributed by atoms with Gasteiger partial charge in [0.05, 0.1) is 19.7 Å². The lowest BCUT2D eigenvalue weighted by Gasteiger charge is -2.28. The molecule has 0 atom stereocenters. The summed E-state index contributed by atoms with van der Waals surface area (Å²) in [5.41, 5.74) is 2.06. The summed E-state index contributed by atoms with van der Waals surface area (Å²) >= 11 is 1.62. The lowest BCUT2D eigenvalue weighted by atomic mass is 10.2. The van der Waals surface area contributed by atoms with E-state index in [1.807, 2.05) is 90.0 Å². The first-order chi connectivity index (χ1) is 17.2. The van der Waals surface area contributed by atoms with E-state index >= 15 is 0 Å². The number of thiophene rings is 1. The fraction of sp³-hybridized carbons (Fsp3) is 0.357. The highest BCUT2D eigenvalue weighted by molar-refractivity contribution is 7.09. The zero-order chi connectivity index (χ0) is 24.7. The predicted octanol–water partition coefficient (Wildman–Crippen LogP) is 4.75. The van der Waals surface area contributed by atoms with Crippen LogP contribution in [-0.2, 0) is 38.8 Å². The van der Waals surface area contributed by atoms with Crippen molar-refractivity contribution < 1.29 is 19.1 Å². The fourth-order valence-electron chi connectivity index (χ4n) is 3.61. The summed E-state index contributed by atoms with van der Waals surface area (Å²) in [7, 11) is 0. The number of carbonyl (C=O) groups excluding carboxylic acids is 2. The van der Waals surface area contributed by atoms with Crippen molar-refractivity contribution in [2.24, 2.45) is 0 Å². The Morgan fingerprint density at radius 3 is 2.17 bits per heavy atom. The summed E-state index contributed by atoms with van der Waals surface area (Å²) in [6, 6.07) is 23.7. The van der Waals surface area contributed by atoms with Gasteiger partial charge in [-0.05, 0) is 35.9 Å². The molecule has 1 aromatic heterocycles. The molecule has 3 aromatic rings. The van der Waals surface area contributed by atoms with Gasteiger partial charge in [0.25, 0.3) is 0 Å². The molecule has 1 heterocycles. The van der Waals surface area contributed by atoms with Crippen LogP contribution in [0.5, 0.6) is 0 Å². The van der Waals surface area contributed by atoms with Crippen LogP contribution in [0.2, 0.25) is 0 Å². The van der Waals surface area contributed by atoms with Crippen LogP contribution >= 0.6 is 11.3 Å². The normalized spacial score (nSPS) is 10.8. The Balaban J connectivity index is 1.64. The molecule has 2 amide bonds. The molecule has 35 heavy (non-hydrogen) atoms. The highest BCUT2D eigenvalue weighted by atomic mass is 32.1. The number of hydrogen-bond acceptors (Lipinski definition) is 5. The third-order valence-corrected chi connectivity index (χ3v) is 6.29. The third kappa shape index (κ3) is 9.64. The van der Waals surface area contributed by atoms with Crippen LogP contribution in [0.3, 0.4) is 0 Å². The third-order valence-electron chi connectivity index (χ3n) is 5.43. The molecule has 2 aromatic carbocycles. The molecule has 7 heteroatoms. The second-order valence-corrected chi connectivity index (χ2v) is 9.19. The van der Waals surface area contributed by atoms with E-state index in [4.69, 9.17) is 9.47 Å². The second kappa shape index (κ2) is 15.1. The Hall–Kier alpha value is -3.00. The highest BCUT2D eigenvalue weighted by Crippen LogP contribution is 2.15. The molecule has 0 unspecified atom stereocenters. The Bertz CT molecular complexity index is 996. The molecule has 0 fully saturated rings. The van der Waals surface area contributed by atoms with Crippen LogP contribution in [0, 0.1) is 0 Å². The van der Waals surface area contributed by atoms with Crippen LogP contribution in [0.4, 0.5) is 0 Å². The summed E-state index contributed by atoms with van der Waals surface area (Å²) in [5.74, 6) is -0.281. The van der Waals surface area contributed by atoms with E-state index < -0.39 is 0 Å². The molecule has 186 valence electrons. The molecule has 0 saturated carbocycles. The molecular weight excluding hydrogens is 460 g/mol. The minimum absolute atomic E-state index is 0.0118. The van der Waals surface area contributed by atoms with E-state index in [9.17, 15) is 9.59 Å². The van der Waals surface area contributed by atoms with Gasteiger partial charge in [0.15, 0.2) is 0 Å². The molecular formula is C28H34N2O4S. The van der Waals surface area contributed by atoms with Gasteiger partial charge in [0.1, 0.15) is 6.61 Å². The lowest BCUT2D eigenvalue weighted by Crippen LogP contribution is -2.44. The number of amides is 2. The number of carbonyl (C=O) groups is 2. The van der Waals surface area contributed by atoms with Gasteiger partial charge < -0.3 is 19.3 Å². The number of rotatable bonds is 15. The number of hydrogen-bond donors (Lipinski definition) is 0. The van der Waals surface area contributed by atoms with E-state index in [0.29, 0.717) is 45.9 Å². The van der Waals surface area contributed by atoms with Gasteiger partial charge in [-0.15, -0.1) is 11.3 Å². The Kier molecular flexibility index (Phi) is 11.5. The first-order valence-electron chi connectivity index (χ1n) is 12.0. The summed E-state index contributed by atoms with van der Waals surface area (Å²) in [4.78, 5) is 31.0. The monoisotopic (exact) mass is 494 g/mol. The molecule has 3 rings (SSSR count). The standard InChI is InChI=1S/C28H34N2O4S/c1-2-33-17-10-16-29(28(32)23-34-22-25-13-7-4-8-14-25)21-27(31)30(20-26-15-9-18-35-26)19-24-11-5-3-6-12-24/h3-9,11-15,18H,2,10,16-17,19-23H2,1H3. The van der Waals surface area contributed by atoms with Crippen molar-refractivity contribution in [2.75, 3.05) is 32.9 Å². The lowest BCUT2D eigenvalue weighted by molar-refractivity contribution is -0.144. The smallest absolute Gasteiger partial charge is 0.249 e. The molecule has 0 spiro atoms. The molecule has 0 bridgehead atoms. The Morgan fingerprint density at radius 2 is 1.51 bits per heavy atom. The van der Waals surface area contributed by atoms with Crippen molar-refractivity contribution in [2.45, 2.75) is 33.0 Å². The zero-order valence-electron chi connectivity index (χ0n) is 20.3. The molecule has 0 aliphatic heterocycles. The second-order valence-electron chi connectivity index (χ2n) is 8.16. The topological polar surface area (TPSA) is 59.1 Å². The van der Waals surface area contributed by atoms with Gasteiger partial charge >= 0.3 is 0 Å². The molecule has 0 radical (unpaired) electrons. The van der Waals surface area contributed by atoms with Crippen LogP contribution in [0.1, 0.15) is 29.3 Å². The van der Waals surface area contributed by atoms with Gasteiger partial charge in [-0.25, -0.2) is 0 Å². The van der Waals surface area contributed by atoms with Gasteiger partial charge in [-0.1, -0.05) is 66.7 Å². The summed E-state index contributed by atoms with van der Waals surface area (Å²) in [6.45, 7) is 4.85. The molecule has 0 N–H and O–H groups in total. The van der Waals surface area contributed by atoms with Crippen LogP contribution in [0.15, 0.2) is 78.2 Å². The summed E-state index contributed by atoms with van der Waals surface area (Å²) in [6.07, 6.45) is 0.662. The zero-order valence-corrected chi connectivity index (χ0v) is 21.1. The minimum atomic E-state index is -0.193.